The van der Waals surface area contributed by atoms with Crippen LogP contribution in [0.25, 0.3) is 0 Å². The summed E-state index contributed by atoms with van der Waals surface area (Å²) in [6, 6.07) is 11.6. The number of nitro benzene ring substituents is 1. The van der Waals surface area contributed by atoms with Crippen LogP contribution in [0.1, 0.15) is 15.9 Å². The van der Waals surface area contributed by atoms with Crippen molar-refractivity contribution in [3.63, 3.8) is 0 Å². The average molecular weight is 336 g/mol. The van der Waals surface area contributed by atoms with Crippen molar-refractivity contribution >= 4 is 27.9 Å². The fraction of sp³-hybridized carbons (Fsp3) is 0.0714. The SMILES string of the molecule is O=Cc1ccc(OCc2ccccc2Br)c([N+](=O)[O-])c1. The van der Waals surface area contributed by atoms with Crippen LogP contribution in [0.4, 0.5) is 5.69 Å². The lowest BCUT2D eigenvalue weighted by Crippen LogP contribution is -2.00. The molecule has 0 aliphatic heterocycles. The molecule has 0 aromatic heterocycles. The van der Waals surface area contributed by atoms with E-state index in [0.717, 1.165) is 10.0 Å². The molecule has 0 aliphatic rings. The molecule has 0 fully saturated rings. The molecule has 0 aliphatic carbocycles. The van der Waals surface area contributed by atoms with Crippen LogP contribution < -0.4 is 4.74 Å². The third-order valence-corrected chi connectivity index (χ3v) is 3.43. The highest BCUT2D eigenvalue weighted by molar-refractivity contribution is 9.10. The molecule has 6 heteroatoms. The molecule has 0 radical (unpaired) electrons. The number of benzene rings is 2. The summed E-state index contributed by atoms with van der Waals surface area (Å²) >= 11 is 3.38. The number of nitro groups is 1. The van der Waals surface area contributed by atoms with Crippen molar-refractivity contribution in [2.75, 3.05) is 0 Å². The molecular weight excluding hydrogens is 326 g/mol. The fourth-order valence-corrected chi connectivity index (χ4v) is 2.04. The van der Waals surface area contributed by atoms with Gasteiger partial charge in [-0.15, -0.1) is 0 Å². The number of hydrogen-bond acceptors (Lipinski definition) is 4. The van der Waals surface area contributed by atoms with Crippen molar-refractivity contribution < 1.29 is 14.5 Å². The maximum atomic E-state index is 11.0. The molecule has 0 heterocycles. The molecule has 0 unspecified atom stereocenters. The van der Waals surface area contributed by atoms with Gasteiger partial charge < -0.3 is 4.74 Å². The minimum absolute atomic E-state index is 0.136. The first kappa shape index (κ1) is 14.2. The van der Waals surface area contributed by atoms with Gasteiger partial charge in [0.2, 0.25) is 0 Å². The number of nitrogens with zero attached hydrogens (tertiary/aromatic N) is 1. The molecule has 0 amide bonds. The second-order valence-electron chi connectivity index (χ2n) is 3.98. The number of aldehydes is 1. The number of halogens is 1. The summed E-state index contributed by atoms with van der Waals surface area (Å²) in [5, 5.41) is 11.0. The van der Waals surface area contributed by atoms with E-state index in [4.69, 9.17) is 4.74 Å². The van der Waals surface area contributed by atoms with E-state index in [2.05, 4.69) is 15.9 Å². The van der Waals surface area contributed by atoms with Gasteiger partial charge in [-0.1, -0.05) is 34.1 Å². The van der Waals surface area contributed by atoms with Gasteiger partial charge >= 0.3 is 5.69 Å². The lowest BCUT2D eigenvalue weighted by Gasteiger charge is -2.08. The van der Waals surface area contributed by atoms with Gasteiger partial charge in [-0.05, 0) is 18.2 Å². The second kappa shape index (κ2) is 6.29. The van der Waals surface area contributed by atoms with Crippen molar-refractivity contribution in [1.82, 2.24) is 0 Å². The van der Waals surface area contributed by atoms with Gasteiger partial charge in [-0.3, -0.25) is 14.9 Å². The van der Waals surface area contributed by atoms with Gasteiger partial charge in [0.1, 0.15) is 12.9 Å². The summed E-state index contributed by atoms with van der Waals surface area (Å²) in [6.45, 7) is 0.197. The number of ether oxygens (including phenoxy) is 1. The predicted molar refractivity (Wildman–Crippen MR) is 77.0 cm³/mol. The summed E-state index contributed by atoms with van der Waals surface area (Å²) in [5.41, 5.74) is 0.896. The van der Waals surface area contributed by atoms with E-state index in [1.807, 2.05) is 24.3 Å². The Kier molecular flexibility index (Phi) is 4.47. The van der Waals surface area contributed by atoms with E-state index in [9.17, 15) is 14.9 Å². The van der Waals surface area contributed by atoms with Crippen molar-refractivity contribution in [3.05, 3.63) is 68.2 Å². The third-order valence-electron chi connectivity index (χ3n) is 2.66. The number of hydrogen-bond donors (Lipinski definition) is 0. The molecule has 2 rings (SSSR count). The smallest absolute Gasteiger partial charge is 0.311 e. The Labute approximate surface area is 123 Å². The zero-order valence-corrected chi connectivity index (χ0v) is 11.9. The zero-order valence-electron chi connectivity index (χ0n) is 10.3. The van der Waals surface area contributed by atoms with Crippen LogP contribution >= 0.6 is 15.9 Å². The monoisotopic (exact) mass is 335 g/mol. The average Bonchev–Trinajstić information content (AvgIpc) is 2.46. The molecule has 0 bridgehead atoms. The topological polar surface area (TPSA) is 69.4 Å². The highest BCUT2D eigenvalue weighted by atomic mass is 79.9. The van der Waals surface area contributed by atoms with E-state index in [-0.39, 0.29) is 23.6 Å². The Morgan fingerprint density at radius 2 is 2.00 bits per heavy atom. The Balaban J connectivity index is 2.23. The predicted octanol–water partition coefficient (Wildman–Crippen LogP) is 3.75. The van der Waals surface area contributed by atoms with Gasteiger partial charge in [-0.2, -0.15) is 0 Å². The summed E-state index contributed by atoms with van der Waals surface area (Å²) in [5.74, 6) is 0.136. The quantitative estimate of drug-likeness (QED) is 0.474. The molecule has 0 spiro atoms. The van der Waals surface area contributed by atoms with Gasteiger partial charge in [0.15, 0.2) is 5.75 Å². The van der Waals surface area contributed by atoms with Crippen LogP contribution in [0.2, 0.25) is 0 Å². The lowest BCUT2D eigenvalue weighted by molar-refractivity contribution is -0.386. The Morgan fingerprint density at radius 1 is 1.25 bits per heavy atom. The second-order valence-corrected chi connectivity index (χ2v) is 4.84. The first-order valence-electron chi connectivity index (χ1n) is 5.71. The maximum absolute atomic E-state index is 11.0. The summed E-state index contributed by atoms with van der Waals surface area (Å²) < 4.78 is 6.34. The van der Waals surface area contributed by atoms with Crippen LogP contribution in [-0.2, 0) is 6.61 Å². The number of rotatable bonds is 5. The largest absolute Gasteiger partial charge is 0.482 e. The van der Waals surface area contributed by atoms with Gasteiger partial charge in [0.05, 0.1) is 4.92 Å². The highest BCUT2D eigenvalue weighted by Gasteiger charge is 2.16. The summed E-state index contributed by atoms with van der Waals surface area (Å²) in [6.07, 6.45) is 0.560. The highest BCUT2D eigenvalue weighted by Crippen LogP contribution is 2.29. The van der Waals surface area contributed by atoms with Gasteiger partial charge in [0, 0.05) is 21.7 Å². The summed E-state index contributed by atoms with van der Waals surface area (Å²) in [7, 11) is 0. The Bertz CT molecular complexity index is 657. The molecule has 0 atom stereocenters. The van der Waals surface area contributed by atoms with Crippen LogP contribution in [0, 0.1) is 10.1 Å². The van der Waals surface area contributed by atoms with Crippen molar-refractivity contribution in [2.24, 2.45) is 0 Å². The van der Waals surface area contributed by atoms with E-state index >= 15 is 0 Å². The molecular formula is C14H10BrNO4. The maximum Gasteiger partial charge on any atom is 0.311 e. The van der Waals surface area contributed by atoms with Crippen LogP contribution in [0.15, 0.2) is 46.9 Å². The molecule has 5 nitrogen and oxygen atoms in total. The zero-order chi connectivity index (χ0) is 14.5. The third kappa shape index (κ3) is 3.21. The Morgan fingerprint density at radius 3 is 2.65 bits per heavy atom. The van der Waals surface area contributed by atoms with Crippen molar-refractivity contribution in [1.29, 1.82) is 0 Å². The summed E-state index contributed by atoms with van der Waals surface area (Å²) in [4.78, 5) is 21.0. The lowest BCUT2D eigenvalue weighted by atomic mass is 10.2. The molecule has 2 aromatic carbocycles. The van der Waals surface area contributed by atoms with Gasteiger partial charge in [0.25, 0.3) is 0 Å². The molecule has 2 aromatic rings. The van der Waals surface area contributed by atoms with E-state index in [1.54, 1.807) is 0 Å². The number of carbonyl (C=O) groups excluding carboxylic acids is 1. The van der Waals surface area contributed by atoms with Crippen molar-refractivity contribution in [2.45, 2.75) is 6.61 Å². The fourth-order valence-electron chi connectivity index (χ4n) is 1.64. The standard InChI is InChI=1S/C14H10BrNO4/c15-12-4-2-1-3-11(12)9-20-14-6-5-10(8-17)7-13(14)16(18)19/h1-8H,9H2. The van der Waals surface area contributed by atoms with E-state index < -0.39 is 4.92 Å². The molecule has 20 heavy (non-hydrogen) atoms. The van der Waals surface area contributed by atoms with E-state index in [0.29, 0.717) is 6.29 Å². The molecule has 102 valence electrons. The van der Waals surface area contributed by atoms with Gasteiger partial charge in [-0.25, -0.2) is 0 Å². The minimum Gasteiger partial charge on any atom is -0.482 e. The first-order chi connectivity index (χ1) is 9.61. The van der Waals surface area contributed by atoms with Crippen LogP contribution in [-0.4, -0.2) is 11.2 Å². The van der Waals surface area contributed by atoms with Crippen molar-refractivity contribution in [3.8, 4) is 5.75 Å². The Hall–Kier alpha value is -2.21. The normalized spacial score (nSPS) is 10.1. The minimum atomic E-state index is -0.567. The molecule has 0 saturated heterocycles. The van der Waals surface area contributed by atoms with Crippen LogP contribution in [0.3, 0.4) is 0 Å². The van der Waals surface area contributed by atoms with E-state index in [1.165, 1.54) is 18.2 Å². The van der Waals surface area contributed by atoms with Crippen LogP contribution in [0.5, 0.6) is 5.75 Å². The number of carbonyl (C=O) groups is 1. The first-order valence-corrected chi connectivity index (χ1v) is 6.51. The molecule has 0 N–H and O–H groups in total. The molecule has 0 saturated carbocycles.